The molecule has 0 fully saturated rings. The molecule has 2 N–H and O–H groups in total. The maximum Gasteiger partial charge on any atom is 0.303 e. The average Bonchev–Trinajstić information content (AvgIpc) is 2.24. The Labute approximate surface area is 94.3 Å². The van der Waals surface area contributed by atoms with Crippen molar-refractivity contribution in [3.63, 3.8) is 0 Å². The molecule has 0 aliphatic carbocycles. The van der Waals surface area contributed by atoms with Crippen LogP contribution < -0.4 is 0 Å². The Bertz CT molecular complexity index is 384. The van der Waals surface area contributed by atoms with Gasteiger partial charge < -0.3 is 10.2 Å². The zero-order valence-electron chi connectivity index (χ0n) is 8.49. The lowest BCUT2D eigenvalue weighted by molar-refractivity contribution is -0.137. The Hall–Kier alpha value is -2.05. The van der Waals surface area contributed by atoms with E-state index in [1.165, 1.54) is 0 Å². The fourth-order valence-corrected chi connectivity index (χ4v) is 1.00. The average molecular weight is 250 g/mol. The van der Waals surface area contributed by atoms with Gasteiger partial charge in [-0.2, -0.15) is 0 Å². The number of benzene rings is 1. The van der Waals surface area contributed by atoms with E-state index in [1.807, 2.05) is 0 Å². The van der Waals surface area contributed by atoms with Gasteiger partial charge in [0, 0.05) is 6.42 Å². The van der Waals surface area contributed by atoms with Gasteiger partial charge in [-0.15, -0.1) is 0 Å². The molecule has 7 heteroatoms. The predicted octanol–water partition coefficient (Wildman–Crippen LogP) is 1.82. The Kier molecular flexibility index (Phi) is 6.39. The van der Waals surface area contributed by atoms with Crippen molar-refractivity contribution < 1.29 is 33.0 Å². The molecule has 0 heterocycles. The van der Waals surface area contributed by atoms with Gasteiger partial charge in [-0.25, -0.2) is 13.2 Å². The van der Waals surface area contributed by atoms with Crippen molar-refractivity contribution in [2.24, 2.45) is 0 Å². The number of aliphatic carboxylic acids is 1. The second kappa shape index (κ2) is 7.26. The van der Waals surface area contributed by atoms with Crippen molar-refractivity contribution >= 4 is 12.4 Å². The minimum absolute atomic E-state index is 0.0244. The van der Waals surface area contributed by atoms with Crippen LogP contribution in [0.25, 0.3) is 0 Å². The molecule has 17 heavy (non-hydrogen) atoms. The molecule has 0 saturated heterocycles. The first-order valence-corrected chi connectivity index (χ1v) is 4.35. The van der Waals surface area contributed by atoms with E-state index in [9.17, 15) is 18.0 Å². The van der Waals surface area contributed by atoms with Crippen LogP contribution in [0.1, 0.15) is 12.0 Å². The van der Waals surface area contributed by atoms with Crippen molar-refractivity contribution in [1.82, 2.24) is 0 Å². The summed E-state index contributed by atoms with van der Waals surface area (Å²) in [7, 11) is 0. The van der Waals surface area contributed by atoms with Crippen LogP contribution in [-0.2, 0) is 16.0 Å². The largest absolute Gasteiger partial charge is 0.483 e. The van der Waals surface area contributed by atoms with E-state index >= 15 is 0 Å². The molecule has 0 spiro atoms. The molecule has 94 valence electrons. The third-order valence-electron chi connectivity index (χ3n) is 1.67. The summed E-state index contributed by atoms with van der Waals surface area (Å²) in [5, 5.41) is 15.2. The summed E-state index contributed by atoms with van der Waals surface area (Å²) in [6.45, 7) is -0.250. The van der Waals surface area contributed by atoms with Crippen LogP contribution in [0.2, 0.25) is 0 Å². The third kappa shape index (κ3) is 5.55. The Morgan fingerprint density at radius 1 is 1.24 bits per heavy atom. The number of carboxylic acids is 1. The molecule has 0 saturated carbocycles. The normalized spacial score (nSPS) is 9.12. The second-order valence-corrected chi connectivity index (χ2v) is 2.87. The summed E-state index contributed by atoms with van der Waals surface area (Å²) < 4.78 is 37.6. The third-order valence-corrected chi connectivity index (χ3v) is 1.67. The molecule has 0 aliphatic heterocycles. The summed E-state index contributed by atoms with van der Waals surface area (Å²) in [6, 6.07) is 1.59. The zero-order valence-corrected chi connectivity index (χ0v) is 8.49. The molecule has 1 aromatic carbocycles. The van der Waals surface area contributed by atoms with Crippen molar-refractivity contribution in [2.75, 3.05) is 0 Å². The number of hydrogen-bond acceptors (Lipinski definition) is 2. The quantitative estimate of drug-likeness (QED) is 0.633. The second-order valence-electron chi connectivity index (χ2n) is 2.87. The lowest BCUT2D eigenvalue weighted by Crippen LogP contribution is -2.00. The van der Waals surface area contributed by atoms with Gasteiger partial charge in [-0.3, -0.25) is 9.59 Å². The molecule has 1 aromatic rings. The molecular weight excluding hydrogens is 241 g/mol. The van der Waals surface area contributed by atoms with Crippen LogP contribution in [0.15, 0.2) is 12.1 Å². The van der Waals surface area contributed by atoms with Crippen molar-refractivity contribution in [3.8, 4) is 0 Å². The lowest BCUT2D eigenvalue weighted by atomic mass is 10.1. The van der Waals surface area contributed by atoms with Crippen LogP contribution >= 0.6 is 0 Å². The Morgan fingerprint density at radius 2 is 1.65 bits per heavy atom. The Balaban J connectivity index is 0.000000770. The first kappa shape index (κ1) is 14.9. The highest BCUT2D eigenvalue weighted by Gasteiger charge is 2.10. The molecule has 4 nitrogen and oxygen atoms in total. The maximum atomic E-state index is 12.6. The van der Waals surface area contributed by atoms with Gasteiger partial charge in [0.25, 0.3) is 6.47 Å². The molecular formula is C10H9F3O4. The highest BCUT2D eigenvalue weighted by atomic mass is 19.2. The van der Waals surface area contributed by atoms with Gasteiger partial charge in [0.2, 0.25) is 0 Å². The molecule has 1 rings (SSSR count). The number of carboxylic acid groups (broad SMARTS) is 2. The number of halogens is 3. The summed E-state index contributed by atoms with van der Waals surface area (Å²) >= 11 is 0. The van der Waals surface area contributed by atoms with E-state index in [1.54, 1.807) is 0 Å². The predicted molar refractivity (Wildman–Crippen MR) is 51.0 cm³/mol. The fraction of sp³-hybridized carbons (Fsp3) is 0.200. The van der Waals surface area contributed by atoms with E-state index in [2.05, 4.69) is 0 Å². The summed E-state index contributed by atoms with van der Waals surface area (Å²) in [5.74, 6) is -5.21. The molecule has 0 radical (unpaired) electrons. The van der Waals surface area contributed by atoms with Crippen LogP contribution in [-0.4, -0.2) is 22.7 Å². The fourth-order valence-electron chi connectivity index (χ4n) is 1.00. The highest BCUT2D eigenvalue weighted by molar-refractivity contribution is 5.67. The smallest absolute Gasteiger partial charge is 0.303 e. The SMILES string of the molecule is O=C(O)CCc1cc(F)c(F)c(F)c1.O=CO. The van der Waals surface area contributed by atoms with Gasteiger partial charge in [0.1, 0.15) is 0 Å². The molecule has 0 bridgehead atoms. The number of rotatable bonds is 3. The van der Waals surface area contributed by atoms with Gasteiger partial charge in [0.05, 0.1) is 0 Å². The minimum Gasteiger partial charge on any atom is -0.483 e. The number of hydrogen-bond donors (Lipinski definition) is 2. The van der Waals surface area contributed by atoms with Crippen molar-refractivity contribution in [1.29, 1.82) is 0 Å². The zero-order chi connectivity index (χ0) is 13.4. The van der Waals surface area contributed by atoms with Crippen LogP contribution in [0, 0.1) is 17.5 Å². The standard InChI is InChI=1S/C9H7F3O2.CH2O2/c10-6-3-5(1-2-8(13)14)4-7(11)9(6)12;2-1-3/h3-4H,1-2H2,(H,13,14);1H,(H,2,3). The highest BCUT2D eigenvalue weighted by Crippen LogP contribution is 2.14. The number of aryl methyl sites for hydroxylation is 1. The summed E-state index contributed by atoms with van der Waals surface area (Å²) in [4.78, 5) is 18.5. The van der Waals surface area contributed by atoms with E-state index < -0.39 is 23.4 Å². The monoisotopic (exact) mass is 250 g/mol. The van der Waals surface area contributed by atoms with Crippen molar-refractivity contribution in [2.45, 2.75) is 12.8 Å². The first-order valence-electron chi connectivity index (χ1n) is 4.35. The van der Waals surface area contributed by atoms with E-state index in [-0.39, 0.29) is 24.9 Å². The number of carbonyl (C=O) groups is 2. The van der Waals surface area contributed by atoms with Gasteiger partial charge in [0.15, 0.2) is 17.5 Å². The van der Waals surface area contributed by atoms with Crippen LogP contribution in [0.4, 0.5) is 13.2 Å². The summed E-state index contributed by atoms with van der Waals surface area (Å²) in [5.41, 5.74) is 0.129. The van der Waals surface area contributed by atoms with Gasteiger partial charge in [-0.05, 0) is 24.1 Å². The van der Waals surface area contributed by atoms with Crippen LogP contribution in [0.5, 0.6) is 0 Å². The molecule has 0 unspecified atom stereocenters. The topological polar surface area (TPSA) is 74.6 Å². The molecule has 0 aromatic heterocycles. The van der Waals surface area contributed by atoms with E-state index in [0.717, 1.165) is 12.1 Å². The molecule has 0 atom stereocenters. The molecule has 0 aliphatic rings. The minimum atomic E-state index is -1.54. The summed E-state index contributed by atoms with van der Waals surface area (Å²) in [6.07, 6.45) is -0.270. The van der Waals surface area contributed by atoms with Gasteiger partial charge >= 0.3 is 5.97 Å². The van der Waals surface area contributed by atoms with Crippen LogP contribution in [0.3, 0.4) is 0 Å². The van der Waals surface area contributed by atoms with Crippen molar-refractivity contribution in [3.05, 3.63) is 35.1 Å². The maximum absolute atomic E-state index is 12.6. The lowest BCUT2D eigenvalue weighted by Gasteiger charge is -2.00. The first-order chi connectivity index (χ1) is 7.92. The van der Waals surface area contributed by atoms with E-state index in [4.69, 9.17) is 15.0 Å². The molecule has 0 amide bonds. The van der Waals surface area contributed by atoms with E-state index in [0.29, 0.717) is 0 Å². The van der Waals surface area contributed by atoms with Gasteiger partial charge in [-0.1, -0.05) is 0 Å². The Morgan fingerprint density at radius 3 is 2.00 bits per heavy atom.